The van der Waals surface area contributed by atoms with Crippen LogP contribution in [0, 0.1) is 6.92 Å². The summed E-state index contributed by atoms with van der Waals surface area (Å²) in [5, 5.41) is 12.0. The van der Waals surface area contributed by atoms with Gasteiger partial charge in [-0.2, -0.15) is 0 Å². The predicted octanol–water partition coefficient (Wildman–Crippen LogP) is 4.10. The van der Waals surface area contributed by atoms with Crippen LogP contribution < -0.4 is 19.5 Å². The van der Waals surface area contributed by atoms with Gasteiger partial charge in [-0.15, -0.1) is 16.8 Å². The van der Waals surface area contributed by atoms with Crippen LogP contribution in [0.15, 0.2) is 60.3 Å². The molecule has 0 fully saturated rings. The van der Waals surface area contributed by atoms with E-state index in [2.05, 4.69) is 22.1 Å². The van der Waals surface area contributed by atoms with Crippen molar-refractivity contribution < 1.29 is 19.0 Å². The second-order valence-corrected chi connectivity index (χ2v) is 7.72. The third-order valence-electron chi connectivity index (χ3n) is 4.49. The Morgan fingerprint density at radius 2 is 1.88 bits per heavy atom. The molecule has 0 atom stereocenters. The van der Waals surface area contributed by atoms with Crippen LogP contribution in [0.1, 0.15) is 11.4 Å². The molecule has 3 aromatic rings. The number of aromatic nitrogens is 3. The molecule has 0 aliphatic carbocycles. The van der Waals surface area contributed by atoms with Gasteiger partial charge in [-0.05, 0) is 36.8 Å². The summed E-state index contributed by atoms with van der Waals surface area (Å²) in [6.45, 7) is 6.45. The number of carbonyl (C=O) groups excluding carboxylic acids is 1. The van der Waals surface area contributed by atoms with Gasteiger partial charge in [0.05, 0.1) is 25.7 Å². The largest absolute Gasteiger partial charge is 0.495 e. The third kappa shape index (κ3) is 5.82. The fraction of sp³-hybridized carbons (Fsp3) is 0.261. The molecule has 3 rings (SSSR count). The average molecular weight is 455 g/mol. The van der Waals surface area contributed by atoms with Crippen molar-refractivity contribution in [3.8, 4) is 17.2 Å². The van der Waals surface area contributed by atoms with Gasteiger partial charge in [0, 0.05) is 6.54 Å². The Morgan fingerprint density at radius 1 is 1.12 bits per heavy atom. The summed E-state index contributed by atoms with van der Waals surface area (Å²) in [4.78, 5) is 12.5. The van der Waals surface area contributed by atoms with Crippen molar-refractivity contribution in [2.75, 3.05) is 25.3 Å². The maximum atomic E-state index is 12.5. The topological polar surface area (TPSA) is 87.5 Å². The minimum atomic E-state index is -0.168. The number of carbonyl (C=O) groups is 1. The molecule has 0 bridgehead atoms. The summed E-state index contributed by atoms with van der Waals surface area (Å²) in [5.74, 6) is 2.49. The van der Waals surface area contributed by atoms with Gasteiger partial charge in [-0.1, -0.05) is 36.0 Å². The molecule has 32 heavy (non-hydrogen) atoms. The summed E-state index contributed by atoms with van der Waals surface area (Å²) in [6.07, 6.45) is 1.75. The second-order valence-electron chi connectivity index (χ2n) is 6.78. The molecular formula is C23H26N4O4S. The molecule has 2 aromatic carbocycles. The average Bonchev–Trinajstić information content (AvgIpc) is 3.18. The molecule has 168 valence electrons. The third-order valence-corrected chi connectivity index (χ3v) is 5.46. The Balaban J connectivity index is 1.65. The molecular weight excluding hydrogens is 428 g/mol. The molecule has 0 saturated heterocycles. The molecule has 0 unspecified atom stereocenters. The molecule has 8 nitrogen and oxygen atoms in total. The van der Waals surface area contributed by atoms with Gasteiger partial charge in [0.1, 0.15) is 12.4 Å². The number of nitrogens with one attached hydrogen (secondary N) is 1. The van der Waals surface area contributed by atoms with Crippen LogP contribution in [0.3, 0.4) is 0 Å². The number of para-hydroxylation sites is 2. The smallest absolute Gasteiger partial charge is 0.234 e. The Hall–Kier alpha value is -3.46. The van der Waals surface area contributed by atoms with E-state index >= 15 is 0 Å². The van der Waals surface area contributed by atoms with Crippen molar-refractivity contribution in [3.05, 3.63) is 66.5 Å². The van der Waals surface area contributed by atoms with E-state index in [-0.39, 0.29) is 18.3 Å². The molecule has 1 amide bonds. The van der Waals surface area contributed by atoms with Gasteiger partial charge in [-0.25, -0.2) is 0 Å². The zero-order chi connectivity index (χ0) is 22.9. The van der Waals surface area contributed by atoms with Crippen LogP contribution in [-0.2, 0) is 17.9 Å². The minimum Gasteiger partial charge on any atom is -0.495 e. The SMILES string of the molecule is C=CCn1c(COc2ccccc2OC)nnc1SCC(=O)Nc1cc(C)ccc1OC. The lowest BCUT2D eigenvalue weighted by molar-refractivity contribution is -0.113. The first-order valence-electron chi connectivity index (χ1n) is 9.91. The van der Waals surface area contributed by atoms with Gasteiger partial charge in [0.25, 0.3) is 0 Å². The lowest BCUT2D eigenvalue weighted by atomic mass is 10.2. The number of allylic oxidation sites excluding steroid dienone is 1. The molecule has 0 radical (unpaired) electrons. The number of nitrogens with zero attached hydrogens (tertiary/aromatic N) is 3. The van der Waals surface area contributed by atoms with E-state index < -0.39 is 0 Å². The fourth-order valence-electron chi connectivity index (χ4n) is 2.96. The van der Waals surface area contributed by atoms with E-state index in [1.165, 1.54) is 11.8 Å². The van der Waals surface area contributed by atoms with E-state index in [0.717, 1.165) is 5.56 Å². The maximum Gasteiger partial charge on any atom is 0.234 e. The van der Waals surface area contributed by atoms with Crippen molar-refractivity contribution in [1.82, 2.24) is 14.8 Å². The Bertz CT molecular complexity index is 1080. The van der Waals surface area contributed by atoms with Crippen LogP contribution in [0.25, 0.3) is 0 Å². The van der Waals surface area contributed by atoms with Gasteiger partial charge in [0.2, 0.25) is 5.91 Å². The van der Waals surface area contributed by atoms with E-state index in [1.807, 2.05) is 54.0 Å². The molecule has 9 heteroatoms. The first kappa shape index (κ1) is 23.2. The van der Waals surface area contributed by atoms with Crippen LogP contribution in [-0.4, -0.2) is 40.6 Å². The van der Waals surface area contributed by atoms with Crippen LogP contribution in [0.5, 0.6) is 17.2 Å². The van der Waals surface area contributed by atoms with Gasteiger partial charge in [0.15, 0.2) is 22.5 Å². The Morgan fingerprint density at radius 3 is 2.59 bits per heavy atom. The van der Waals surface area contributed by atoms with Gasteiger partial charge >= 0.3 is 0 Å². The zero-order valence-corrected chi connectivity index (χ0v) is 19.1. The Labute approximate surface area is 191 Å². The highest BCUT2D eigenvalue weighted by molar-refractivity contribution is 7.99. The number of rotatable bonds is 11. The van der Waals surface area contributed by atoms with Crippen molar-refractivity contribution >= 4 is 23.4 Å². The summed E-state index contributed by atoms with van der Waals surface area (Å²) < 4.78 is 18.4. The number of methoxy groups -OCH3 is 2. The highest BCUT2D eigenvalue weighted by Gasteiger charge is 2.16. The normalized spacial score (nSPS) is 10.5. The van der Waals surface area contributed by atoms with Crippen molar-refractivity contribution in [2.45, 2.75) is 25.2 Å². The van der Waals surface area contributed by atoms with Crippen molar-refractivity contribution in [2.24, 2.45) is 0 Å². The summed E-state index contributed by atoms with van der Waals surface area (Å²) in [7, 11) is 3.16. The minimum absolute atomic E-state index is 0.166. The summed E-state index contributed by atoms with van der Waals surface area (Å²) in [5.41, 5.74) is 1.66. The van der Waals surface area contributed by atoms with Crippen LogP contribution in [0.2, 0.25) is 0 Å². The molecule has 0 spiro atoms. The number of benzene rings is 2. The van der Waals surface area contributed by atoms with Crippen molar-refractivity contribution in [1.29, 1.82) is 0 Å². The van der Waals surface area contributed by atoms with Crippen LogP contribution in [0.4, 0.5) is 5.69 Å². The van der Waals surface area contributed by atoms with E-state index in [0.29, 0.717) is 40.5 Å². The first-order chi connectivity index (χ1) is 15.5. The quantitative estimate of drug-likeness (QED) is 0.345. The first-order valence-corrected chi connectivity index (χ1v) is 10.9. The van der Waals surface area contributed by atoms with Gasteiger partial charge < -0.3 is 19.5 Å². The molecule has 0 aliphatic rings. The van der Waals surface area contributed by atoms with Crippen molar-refractivity contribution in [3.63, 3.8) is 0 Å². The number of thioether (sulfide) groups is 1. The lowest BCUT2D eigenvalue weighted by Crippen LogP contribution is -2.15. The second kappa shape index (κ2) is 11.2. The maximum absolute atomic E-state index is 12.5. The fourth-order valence-corrected chi connectivity index (χ4v) is 3.73. The number of hydrogen-bond acceptors (Lipinski definition) is 7. The Kier molecular flexibility index (Phi) is 8.15. The van der Waals surface area contributed by atoms with E-state index in [4.69, 9.17) is 14.2 Å². The van der Waals surface area contributed by atoms with E-state index in [1.54, 1.807) is 20.3 Å². The molecule has 1 N–H and O–H groups in total. The molecule has 1 heterocycles. The van der Waals surface area contributed by atoms with Crippen LogP contribution >= 0.6 is 11.8 Å². The highest BCUT2D eigenvalue weighted by Crippen LogP contribution is 2.28. The predicted molar refractivity (Wildman–Crippen MR) is 125 cm³/mol. The molecule has 0 saturated carbocycles. The lowest BCUT2D eigenvalue weighted by Gasteiger charge is -2.12. The standard InChI is InChI=1S/C23H26N4O4S/c1-5-12-27-21(14-31-20-9-7-6-8-19(20)30-4)25-26-23(27)32-15-22(28)24-17-13-16(2)10-11-18(17)29-3/h5-11,13H,1,12,14-15H2,2-4H3,(H,24,28). The number of ether oxygens (including phenoxy) is 3. The monoisotopic (exact) mass is 454 g/mol. The summed E-state index contributed by atoms with van der Waals surface area (Å²) >= 11 is 1.29. The number of hydrogen-bond donors (Lipinski definition) is 1. The molecule has 1 aromatic heterocycles. The highest BCUT2D eigenvalue weighted by atomic mass is 32.2. The number of anilines is 1. The molecule has 0 aliphatic heterocycles. The van der Waals surface area contributed by atoms with Gasteiger partial charge in [-0.3, -0.25) is 9.36 Å². The van der Waals surface area contributed by atoms with E-state index in [9.17, 15) is 4.79 Å². The number of amides is 1. The number of aryl methyl sites for hydroxylation is 1. The zero-order valence-electron chi connectivity index (χ0n) is 18.3. The summed E-state index contributed by atoms with van der Waals surface area (Å²) in [6, 6.07) is 13.0.